The third-order valence-electron chi connectivity index (χ3n) is 2.92. The molecular formula is C15H21ClN2O3S. The fourth-order valence-electron chi connectivity index (χ4n) is 1.96. The van der Waals surface area contributed by atoms with Gasteiger partial charge in [-0.3, -0.25) is 0 Å². The summed E-state index contributed by atoms with van der Waals surface area (Å²) >= 11 is 5.93. The van der Waals surface area contributed by atoms with Gasteiger partial charge in [-0.25, -0.2) is 8.42 Å². The van der Waals surface area contributed by atoms with E-state index in [-0.39, 0.29) is 34.0 Å². The summed E-state index contributed by atoms with van der Waals surface area (Å²) < 4.78 is 26.9. The van der Waals surface area contributed by atoms with Gasteiger partial charge in [-0.1, -0.05) is 32.4 Å². The predicted molar refractivity (Wildman–Crippen MR) is 86.1 cm³/mol. The number of aliphatic hydroxyl groups excluding tert-OH is 1. The van der Waals surface area contributed by atoms with Crippen molar-refractivity contribution in [2.45, 2.75) is 32.1 Å². The van der Waals surface area contributed by atoms with E-state index in [1.807, 2.05) is 26.8 Å². The van der Waals surface area contributed by atoms with Crippen LogP contribution in [0, 0.1) is 16.7 Å². The van der Waals surface area contributed by atoms with Crippen molar-refractivity contribution < 1.29 is 13.5 Å². The standard InChI is InChI=1S/C15H21ClN2O3S/c1-15(2,3)11-18(7-4-8-19)22(20,21)13-6-5-12(10-17)14(16)9-13/h5-6,9,19H,4,7-8,11H2,1-3H3. The normalized spacial score (nSPS) is 12.4. The molecule has 0 saturated carbocycles. The van der Waals surface area contributed by atoms with E-state index < -0.39 is 10.0 Å². The zero-order valence-corrected chi connectivity index (χ0v) is 14.6. The Hall–Kier alpha value is -1.13. The number of nitriles is 1. The molecule has 1 aromatic carbocycles. The summed E-state index contributed by atoms with van der Waals surface area (Å²) in [6.07, 6.45) is 0.360. The molecule has 0 spiro atoms. The molecule has 0 heterocycles. The highest BCUT2D eigenvalue weighted by Gasteiger charge is 2.28. The minimum absolute atomic E-state index is 0.0543. The molecule has 0 aliphatic heterocycles. The van der Waals surface area contributed by atoms with Crippen LogP contribution in [-0.2, 0) is 10.0 Å². The number of halogens is 1. The number of aliphatic hydroxyl groups is 1. The van der Waals surface area contributed by atoms with Crippen molar-refractivity contribution in [3.05, 3.63) is 28.8 Å². The van der Waals surface area contributed by atoms with Crippen LogP contribution >= 0.6 is 11.6 Å². The summed E-state index contributed by atoms with van der Waals surface area (Å²) in [7, 11) is -3.73. The summed E-state index contributed by atoms with van der Waals surface area (Å²) in [5.74, 6) is 0. The molecule has 1 aromatic rings. The van der Waals surface area contributed by atoms with E-state index in [0.29, 0.717) is 13.0 Å². The third kappa shape index (κ3) is 4.96. The number of nitrogens with zero attached hydrogens (tertiary/aromatic N) is 2. The Morgan fingerprint density at radius 3 is 2.45 bits per heavy atom. The van der Waals surface area contributed by atoms with E-state index in [4.69, 9.17) is 22.0 Å². The second-order valence-electron chi connectivity index (χ2n) is 6.23. The highest BCUT2D eigenvalue weighted by molar-refractivity contribution is 7.89. The third-order valence-corrected chi connectivity index (χ3v) is 5.07. The van der Waals surface area contributed by atoms with Crippen molar-refractivity contribution in [3.63, 3.8) is 0 Å². The number of rotatable bonds is 6. The number of sulfonamides is 1. The molecule has 0 unspecified atom stereocenters. The van der Waals surface area contributed by atoms with Crippen LogP contribution in [0.5, 0.6) is 0 Å². The van der Waals surface area contributed by atoms with Crippen molar-refractivity contribution >= 4 is 21.6 Å². The van der Waals surface area contributed by atoms with E-state index in [9.17, 15) is 8.42 Å². The van der Waals surface area contributed by atoms with Crippen LogP contribution in [0.2, 0.25) is 5.02 Å². The first-order valence-electron chi connectivity index (χ1n) is 6.92. The maximum absolute atomic E-state index is 12.8. The second kappa shape index (κ2) is 7.42. The van der Waals surface area contributed by atoms with E-state index in [2.05, 4.69) is 0 Å². The van der Waals surface area contributed by atoms with E-state index in [0.717, 1.165) is 0 Å². The number of hydrogen-bond acceptors (Lipinski definition) is 4. The zero-order chi connectivity index (χ0) is 17.0. The molecule has 1 N–H and O–H groups in total. The minimum Gasteiger partial charge on any atom is -0.396 e. The molecule has 0 aromatic heterocycles. The Balaban J connectivity index is 3.21. The molecule has 122 valence electrons. The molecule has 0 aliphatic rings. The lowest BCUT2D eigenvalue weighted by Gasteiger charge is -2.29. The molecule has 0 radical (unpaired) electrons. The first-order chi connectivity index (χ1) is 10.1. The smallest absolute Gasteiger partial charge is 0.243 e. The summed E-state index contributed by atoms with van der Waals surface area (Å²) in [4.78, 5) is 0.0543. The fourth-order valence-corrected chi connectivity index (χ4v) is 3.98. The SMILES string of the molecule is CC(C)(C)CN(CCCO)S(=O)(=O)c1ccc(C#N)c(Cl)c1. The second-order valence-corrected chi connectivity index (χ2v) is 8.58. The first-order valence-corrected chi connectivity index (χ1v) is 8.74. The van der Waals surface area contributed by atoms with Gasteiger partial charge in [-0.15, -0.1) is 0 Å². The molecule has 5 nitrogen and oxygen atoms in total. The first kappa shape index (κ1) is 18.9. The van der Waals surface area contributed by atoms with Gasteiger partial charge in [0.05, 0.1) is 15.5 Å². The van der Waals surface area contributed by atoms with Gasteiger partial charge < -0.3 is 5.11 Å². The summed E-state index contributed by atoms with van der Waals surface area (Å²) in [6, 6.07) is 5.98. The van der Waals surface area contributed by atoms with Crippen LogP contribution in [-0.4, -0.2) is 37.5 Å². The van der Waals surface area contributed by atoms with Crippen molar-refractivity contribution in [3.8, 4) is 6.07 Å². The lowest BCUT2D eigenvalue weighted by atomic mass is 9.97. The van der Waals surface area contributed by atoms with Crippen LogP contribution < -0.4 is 0 Å². The van der Waals surface area contributed by atoms with E-state index in [1.54, 1.807) is 0 Å². The van der Waals surface area contributed by atoms with Gasteiger partial charge in [-0.2, -0.15) is 9.57 Å². The molecule has 0 aliphatic carbocycles. The highest BCUT2D eigenvalue weighted by Crippen LogP contribution is 2.26. The average molecular weight is 345 g/mol. The molecule has 22 heavy (non-hydrogen) atoms. The predicted octanol–water partition coefficient (Wildman–Crippen LogP) is 2.63. The van der Waals surface area contributed by atoms with Gasteiger partial charge in [0, 0.05) is 19.7 Å². The molecule has 0 saturated heterocycles. The van der Waals surface area contributed by atoms with Crippen LogP contribution in [0.4, 0.5) is 0 Å². The highest BCUT2D eigenvalue weighted by atomic mass is 35.5. The minimum atomic E-state index is -3.73. The molecular weight excluding hydrogens is 324 g/mol. The molecule has 7 heteroatoms. The molecule has 0 bridgehead atoms. The van der Waals surface area contributed by atoms with Crippen LogP contribution in [0.25, 0.3) is 0 Å². The summed E-state index contributed by atoms with van der Waals surface area (Å²) in [6.45, 7) is 6.31. The Kier molecular flexibility index (Phi) is 6.38. The van der Waals surface area contributed by atoms with Crippen LogP contribution in [0.3, 0.4) is 0 Å². The topological polar surface area (TPSA) is 81.4 Å². The molecule has 0 amide bonds. The lowest BCUT2D eigenvalue weighted by Crippen LogP contribution is -2.38. The van der Waals surface area contributed by atoms with Gasteiger partial charge in [0.2, 0.25) is 10.0 Å². The van der Waals surface area contributed by atoms with E-state index >= 15 is 0 Å². The largest absolute Gasteiger partial charge is 0.396 e. The summed E-state index contributed by atoms with van der Waals surface area (Å²) in [5, 5.41) is 18.0. The maximum atomic E-state index is 12.8. The van der Waals surface area contributed by atoms with Crippen molar-refractivity contribution in [1.82, 2.24) is 4.31 Å². The molecule has 0 atom stereocenters. The molecule has 0 fully saturated rings. The summed E-state index contributed by atoms with van der Waals surface area (Å²) in [5.41, 5.74) is 0.0113. The van der Waals surface area contributed by atoms with Crippen molar-refractivity contribution in [2.24, 2.45) is 5.41 Å². The fraction of sp³-hybridized carbons (Fsp3) is 0.533. The van der Waals surface area contributed by atoms with Gasteiger partial charge in [0.1, 0.15) is 6.07 Å². The van der Waals surface area contributed by atoms with Crippen molar-refractivity contribution in [1.29, 1.82) is 5.26 Å². The quantitative estimate of drug-likeness (QED) is 0.860. The Bertz CT molecular complexity index is 660. The van der Waals surface area contributed by atoms with Crippen LogP contribution in [0.1, 0.15) is 32.8 Å². The number of benzene rings is 1. The Morgan fingerprint density at radius 1 is 1.36 bits per heavy atom. The monoisotopic (exact) mass is 344 g/mol. The van der Waals surface area contributed by atoms with Gasteiger partial charge in [-0.05, 0) is 30.0 Å². The Morgan fingerprint density at radius 2 is 2.00 bits per heavy atom. The molecule has 1 rings (SSSR count). The zero-order valence-electron chi connectivity index (χ0n) is 13.0. The van der Waals surface area contributed by atoms with Crippen LogP contribution in [0.15, 0.2) is 23.1 Å². The van der Waals surface area contributed by atoms with Gasteiger partial charge >= 0.3 is 0 Å². The Labute approximate surface area is 137 Å². The van der Waals surface area contributed by atoms with Gasteiger partial charge in [0.15, 0.2) is 0 Å². The van der Waals surface area contributed by atoms with Gasteiger partial charge in [0.25, 0.3) is 0 Å². The maximum Gasteiger partial charge on any atom is 0.243 e. The van der Waals surface area contributed by atoms with E-state index in [1.165, 1.54) is 22.5 Å². The average Bonchev–Trinajstić information content (AvgIpc) is 2.42. The number of hydrogen-bond donors (Lipinski definition) is 1. The lowest BCUT2D eigenvalue weighted by molar-refractivity contribution is 0.241. The van der Waals surface area contributed by atoms with Crippen molar-refractivity contribution in [2.75, 3.05) is 19.7 Å².